The van der Waals surface area contributed by atoms with E-state index in [0.717, 1.165) is 25.7 Å². The van der Waals surface area contributed by atoms with Gasteiger partial charge in [0.15, 0.2) is 17.6 Å². The van der Waals surface area contributed by atoms with E-state index in [0.29, 0.717) is 5.75 Å². The summed E-state index contributed by atoms with van der Waals surface area (Å²) >= 11 is 5.93. The van der Waals surface area contributed by atoms with Crippen molar-refractivity contribution in [3.63, 3.8) is 0 Å². The highest BCUT2D eigenvalue weighted by Crippen LogP contribution is 2.40. The lowest BCUT2D eigenvalue weighted by molar-refractivity contribution is -0.147. The van der Waals surface area contributed by atoms with E-state index in [4.69, 9.17) is 26.2 Å². The maximum Gasteiger partial charge on any atom is 0.337 e. The molecule has 2 rings (SSSR count). The summed E-state index contributed by atoms with van der Waals surface area (Å²) in [5, 5.41) is 19.1. The Morgan fingerprint density at radius 1 is 1.40 bits per heavy atom. The molecule has 0 aromatic heterocycles. The summed E-state index contributed by atoms with van der Waals surface area (Å²) in [6, 6.07) is 2.94. The Balaban J connectivity index is 2.40. The minimum absolute atomic E-state index is 0.0184. The van der Waals surface area contributed by atoms with Crippen molar-refractivity contribution >= 4 is 17.6 Å². The van der Waals surface area contributed by atoms with Gasteiger partial charge in [0.1, 0.15) is 0 Å². The molecule has 20 heavy (non-hydrogen) atoms. The molecule has 1 aromatic rings. The second-order valence-electron chi connectivity index (χ2n) is 4.79. The van der Waals surface area contributed by atoms with Crippen LogP contribution in [0.4, 0.5) is 0 Å². The fourth-order valence-corrected chi connectivity index (χ4v) is 2.59. The molecule has 0 amide bonds. The first-order valence-corrected chi connectivity index (χ1v) is 6.85. The minimum atomic E-state index is -1.70. The summed E-state index contributed by atoms with van der Waals surface area (Å²) in [5.41, 5.74) is 0.119. The number of carbonyl (C=O) groups is 1. The standard InChI is InChI=1S/C14H17ClO5/c1-19-11-7-8(15)6-10(12(16)14(17)18)13(11)20-9-4-2-3-5-9/h6-7,9,12,16H,2-5H2,1H3,(H,17,18). The number of rotatable bonds is 5. The van der Waals surface area contributed by atoms with Crippen molar-refractivity contribution in [1.29, 1.82) is 0 Å². The molecule has 0 saturated heterocycles. The molecule has 0 radical (unpaired) electrons. The molecule has 1 unspecified atom stereocenters. The van der Waals surface area contributed by atoms with Gasteiger partial charge in [-0.3, -0.25) is 0 Å². The van der Waals surface area contributed by atoms with E-state index in [1.54, 1.807) is 6.07 Å². The van der Waals surface area contributed by atoms with Crippen LogP contribution in [0, 0.1) is 0 Å². The number of methoxy groups -OCH3 is 1. The average Bonchev–Trinajstić information content (AvgIpc) is 2.92. The highest BCUT2D eigenvalue weighted by molar-refractivity contribution is 6.30. The Labute approximate surface area is 122 Å². The molecule has 5 nitrogen and oxygen atoms in total. The fourth-order valence-electron chi connectivity index (χ4n) is 2.38. The normalized spacial score (nSPS) is 16.9. The first-order valence-electron chi connectivity index (χ1n) is 6.48. The van der Waals surface area contributed by atoms with Crippen LogP contribution >= 0.6 is 11.6 Å². The van der Waals surface area contributed by atoms with Crippen LogP contribution in [-0.4, -0.2) is 29.4 Å². The van der Waals surface area contributed by atoms with Gasteiger partial charge >= 0.3 is 5.97 Å². The number of hydrogen-bond acceptors (Lipinski definition) is 4. The summed E-state index contributed by atoms with van der Waals surface area (Å²) in [5.74, 6) is -0.760. The Morgan fingerprint density at radius 2 is 2.05 bits per heavy atom. The zero-order valence-corrected chi connectivity index (χ0v) is 11.9. The number of halogens is 1. The third-order valence-corrected chi connectivity index (χ3v) is 3.60. The zero-order valence-electron chi connectivity index (χ0n) is 11.1. The second-order valence-corrected chi connectivity index (χ2v) is 5.23. The van der Waals surface area contributed by atoms with Crippen LogP contribution < -0.4 is 9.47 Å². The molecule has 1 saturated carbocycles. The van der Waals surface area contributed by atoms with Crippen LogP contribution in [0.25, 0.3) is 0 Å². The Hall–Kier alpha value is -1.46. The van der Waals surface area contributed by atoms with Crippen molar-refractivity contribution in [3.05, 3.63) is 22.7 Å². The molecule has 2 N–H and O–H groups in total. The van der Waals surface area contributed by atoms with E-state index < -0.39 is 12.1 Å². The van der Waals surface area contributed by atoms with Gasteiger partial charge < -0.3 is 19.7 Å². The third kappa shape index (κ3) is 3.16. The maximum atomic E-state index is 11.0. The number of aliphatic carboxylic acids is 1. The van der Waals surface area contributed by atoms with Gasteiger partial charge in [-0.1, -0.05) is 11.6 Å². The van der Waals surface area contributed by atoms with Crippen molar-refractivity contribution in [3.8, 4) is 11.5 Å². The third-order valence-electron chi connectivity index (χ3n) is 3.38. The van der Waals surface area contributed by atoms with Gasteiger partial charge in [-0.15, -0.1) is 0 Å². The average molecular weight is 301 g/mol. The van der Waals surface area contributed by atoms with E-state index in [9.17, 15) is 9.90 Å². The molecule has 1 aromatic carbocycles. The van der Waals surface area contributed by atoms with E-state index in [1.165, 1.54) is 13.2 Å². The molecule has 1 atom stereocenters. The summed E-state index contributed by atoms with van der Waals surface area (Å²) < 4.78 is 11.0. The van der Waals surface area contributed by atoms with Gasteiger partial charge in [0.25, 0.3) is 0 Å². The van der Waals surface area contributed by atoms with Gasteiger partial charge in [-0.2, -0.15) is 0 Å². The predicted octanol–water partition coefficient (Wildman–Crippen LogP) is 2.79. The Bertz CT molecular complexity index is 497. The van der Waals surface area contributed by atoms with Crippen molar-refractivity contribution in [2.75, 3.05) is 7.11 Å². The van der Waals surface area contributed by atoms with E-state index in [-0.39, 0.29) is 22.4 Å². The number of aliphatic hydroxyl groups is 1. The number of benzene rings is 1. The summed E-state index contributed by atoms with van der Waals surface area (Å²) in [6.07, 6.45) is 2.31. The zero-order chi connectivity index (χ0) is 14.7. The highest BCUT2D eigenvalue weighted by Gasteiger charge is 2.27. The largest absolute Gasteiger partial charge is 0.493 e. The number of aliphatic hydroxyl groups excluding tert-OH is 1. The lowest BCUT2D eigenvalue weighted by atomic mass is 10.1. The van der Waals surface area contributed by atoms with Crippen molar-refractivity contribution in [2.45, 2.75) is 37.9 Å². The van der Waals surface area contributed by atoms with Crippen molar-refractivity contribution in [1.82, 2.24) is 0 Å². The van der Waals surface area contributed by atoms with Gasteiger partial charge in [0.2, 0.25) is 0 Å². The smallest absolute Gasteiger partial charge is 0.337 e. The summed E-state index contributed by atoms with van der Waals surface area (Å²) in [7, 11) is 1.45. The van der Waals surface area contributed by atoms with E-state index in [2.05, 4.69) is 0 Å². The quantitative estimate of drug-likeness (QED) is 0.874. The van der Waals surface area contributed by atoms with Crippen LogP contribution in [0.5, 0.6) is 11.5 Å². The minimum Gasteiger partial charge on any atom is -0.493 e. The highest BCUT2D eigenvalue weighted by atomic mass is 35.5. The molecular weight excluding hydrogens is 284 g/mol. The Morgan fingerprint density at radius 3 is 2.60 bits per heavy atom. The van der Waals surface area contributed by atoms with Crippen LogP contribution in [-0.2, 0) is 4.79 Å². The molecule has 0 aliphatic heterocycles. The molecule has 110 valence electrons. The van der Waals surface area contributed by atoms with Gasteiger partial charge in [0, 0.05) is 16.7 Å². The number of carboxylic acid groups (broad SMARTS) is 1. The van der Waals surface area contributed by atoms with Gasteiger partial charge in [-0.05, 0) is 31.7 Å². The van der Waals surface area contributed by atoms with Crippen LogP contribution in [0.15, 0.2) is 12.1 Å². The molecular formula is C14H17ClO5. The van der Waals surface area contributed by atoms with Crippen LogP contribution in [0.1, 0.15) is 37.4 Å². The first kappa shape index (κ1) is 14.9. The molecule has 0 spiro atoms. The number of ether oxygens (including phenoxy) is 2. The number of carboxylic acids is 1. The SMILES string of the molecule is COc1cc(Cl)cc(C(O)C(=O)O)c1OC1CCCC1. The lowest BCUT2D eigenvalue weighted by Gasteiger charge is -2.20. The monoisotopic (exact) mass is 300 g/mol. The van der Waals surface area contributed by atoms with Crippen LogP contribution in [0.2, 0.25) is 5.02 Å². The maximum absolute atomic E-state index is 11.0. The molecule has 1 aliphatic rings. The summed E-state index contributed by atoms with van der Waals surface area (Å²) in [4.78, 5) is 11.0. The Kier molecular flexibility index (Phi) is 4.73. The second kappa shape index (κ2) is 6.33. The van der Waals surface area contributed by atoms with Crippen molar-refractivity contribution in [2.24, 2.45) is 0 Å². The van der Waals surface area contributed by atoms with E-state index >= 15 is 0 Å². The first-order chi connectivity index (χ1) is 9.52. The van der Waals surface area contributed by atoms with Crippen molar-refractivity contribution < 1.29 is 24.5 Å². The van der Waals surface area contributed by atoms with Gasteiger partial charge in [0.05, 0.1) is 13.2 Å². The molecule has 1 aliphatic carbocycles. The fraction of sp³-hybridized carbons (Fsp3) is 0.500. The van der Waals surface area contributed by atoms with Gasteiger partial charge in [-0.25, -0.2) is 4.79 Å². The molecule has 0 bridgehead atoms. The summed E-state index contributed by atoms with van der Waals surface area (Å²) in [6.45, 7) is 0. The lowest BCUT2D eigenvalue weighted by Crippen LogP contribution is -2.17. The number of hydrogen-bond donors (Lipinski definition) is 2. The predicted molar refractivity (Wildman–Crippen MR) is 73.5 cm³/mol. The topological polar surface area (TPSA) is 76.0 Å². The molecule has 1 fully saturated rings. The van der Waals surface area contributed by atoms with E-state index in [1.807, 2.05) is 0 Å². The van der Waals surface area contributed by atoms with Crippen LogP contribution in [0.3, 0.4) is 0 Å². The molecule has 6 heteroatoms. The molecule has 0 heterocycles.